The summed E-state index contributed by atoms with van der Waals surface area (Å²) in [6, 6.07) is 7.08. The lowest BCUT2D eigenvalue weighted by Crippen LogP contribution is -2.41. The Bertz CT molecular complexity index is 523. The highest BCUT2D eigenvalue weighted by molar-refractivity contribution is 5.48. The summed E-state index contributed by atoms with van der Waals surface area (Å²) in [5.74, 6) is 2.29. The predicted molar refractivity (Wildman–Crippen MR) is 97.5 cm³/mol. The Balaban J connectivity index is 1.92. The molecule has 128 valence electrons. The number of benzene rings is 1. The largest absolute Gasteiger partial charge is 0.342 e. The maximum atomic E-state index is 11.6. The monoisotopic (exact) mass is 315 g/mol. The van der Waals surface area contributed by atoms with Crippen LogP contribution in [-0.4, -0.2) is 23.9 Å². The first kappa shape index (κ1) is 18.0. The molecular weight excluding hydrogens is 282 g/mol. The molecule has 1 fully saturated rings. The molecule has 0 bridgehead atoms. The van der Waals surface area contributed by atoms with Gasteiger partial charge in [-0.3, -0.25) is 4.79 Å². The Kier molecular flexibility index (Phi) is 6.26. The fraction of sp³-hybridized carbons (Fsp3) is 0.667. The lowest BCUT2D eigenvalue weighted by Gasteiger charge is -2.40. The fourth-order valence-electron chi connectivity index (χ4n) is 4.22. The third-order valence-electron chi connectivity index (χ3n) is 5.90. The van der Waals surface area contributed by atoms with Gasteiger partial charge in [-0.15, -0.1) is 0 Å². The van der Waals surface area contributed by atoms with E-state index in [1.54, 1.807) is 0 Å². The predicted octanol–water partition coefficient (Wildman–Crippen LogP) is 4.77. The quantitative estimate of drug-likeness (QED) is 0.693. The van der Waals surface area contributed by atoms with E-state index in [1.165, 1.54) is 29.5 Å². The highest BCUT2D eigenvalue weighted by atomic mass is 16.1. The molecule has 0 heterocycles. The molecule has 2 rings (SSSR count). The van der Waals surface area contributed by atoms with E-state index in [-0.39, 0.29) is 0 Å². The molecule has 1 aliphatic carbocycles. The van der Waals surface area contributed by atoms with Crippen LogP contribution in [0.3, 0.4) is 0 Å². The minimum absolute atomic E-state index is 0.434. The minimum Gasteiger partial charge on any atom is -0.342 e. The van der Waals surface area contributed by atoms with E-state index in [0.717, 1.165) is 43.6 Å². The molecule has 1 aromatic rings. The van der Waals surface area contributed by atoms with Gasteiger partial charge in [-0.2, -0.15) is 0 Å². The average Bonchev–Trinajstić information content (AvgIpc) is 2.51. The molecule has 0 aromatic heterocycles. The Morgan fingerprint density at radius 3 is 2.52 bits per heavy atom. The van der Waals surface area contributed by atoms with Crippen molar-refractivity contribution in [2.75, 3.05) is 6.54 Å². The van der Waals surface area contributed by atoms with Crippen molar-refractivity contribution in [2.45, 2.75) is 66.3 Å². The van der Waals surface area contributed by atoms with Crippen LogP contribution in [0.15, 0.2) is 18.2 Å². The van der Waals surface area contributed by atoms with Crippen LogP contribution in [0.25, 0.3) is 0 Å². The van der Waals surface area contributed by atoms with Gasteiger partial charge in [0, 0.05) is 12.6 Å². The highest BCUT2D eigenvalue weighted by Crippen LogP contribution is 2.36. The van der Waals surface area contributed by atoms with E-state index >= 15 is 0 Å². The smallest absolute Gasteiger partial charge is 0.209 e. The number of carbonyl (C=O) groups excluding carboxylic acids is 1. The zero-order chi connectivity index (χ0) is 17.0. The lowest BCUT2D eigenvalue weighted by molar-refractivity contribution is -0.121. The zero-order valence-corrected chi connectivity index (χ0v) is 15.5. The molecule has 0 radical (unpaired) electrons. The van der Waals surface area contributed by atoms with E-state index in [9.17, 15) is 4.79 Å². The number of hydrogen-bond acceptors (Lipinski definition) is 1. The fourth-order valence-corrected chi connectivity index (χ4v) is 4.22. The summed E-state index contributed by atoms with van der Waals surface area (Å²) >= 11 is 0. The molecular formula is C21H33NO. The first-order chi connectivity index (χ1) is 10.9. The van der Waals surface area contributed by atoms with Gasteiger partial charge in [0.1, 0.15) is 0 Å². The number of amides is 1. The lowest BCUT2D eigenvalue weighted by atomic mass is 9.72. The van der Waals surface area contributed by atoms with Crippen molar-refractivity contribution in [1.82, 2.24) is 4.90 Å². The van der Waals surface area contributed by atoms with E-state index < -0.39 is 0 Å². The van der Waals surface area contributed by atoms with Crippen molar-refractivity contribution >= 4 is 6.41 Å². The molecule has 0 spiro atoms. The SMILES string of the molecule is Cc1ccc(CCN(C=O)C2CCC(C(C)C)C(C)C2)cc1C. The summed E-state index contributed by atoms with van der Waals surface area (Å²) in [5, 5.41) is 0. The maximum Gasteiger partial charge on any atom is 0.209 e. The van der Waals surface area contributed by atoms with Crippen molar-refractivity contribution < 1.29 is 4.79 Å². The molecule has 1 amide bonds. The molecule has 1 saturated carbocycles. The minimum atomic E-state index is 0.434. The third-order valence-corrected chi connectivity index (χ3v) is 5.90. The van der Waals surface area contributed by atoms with Gasteiger partial charge in [0.05, 0.1) is 0 Å². The summed E-state index contributed by atoms with van der Waals surface area (Å²) in [6.45, 7) is 12.2. The van der Waals surface area contributed by atoms with Crippen LogP contribution in [-0.2, 0) is 11.2 Å². The van der Waals surface area contributed by atoms with Crippen LogP contribution in [0.1, 0.15) is 56.7 Å². The Morgan fingerprint density at radius 2 is 1.96 bits per heavy atom. The van der Waals surface area contributed by atoms with Gasteiger partial charge >= 0.3 is 0 Å². The molecule has 2 heteroatoms. The first-order valence-electron chi connectivity index (χ1n) is 9.19. The highest BCUT2D eigenvalue weighted by Gasteiger charge is 2.31. The van der Waals surface area contributed by atoms with E-state index in [1.807, 2.05) is 0 Å². The second-order valence-electron chi connectivity index (χ2n) is 7.86. The molecule has 0 aliphatic heterocycles. The Morgan fingerprint density at radius 1 is 1.22 bits per heavy atom. The van der Waals surface area contributed by atoms with Crippen molar-refractivity contribution in [1.29, 1.82) is 0 Å². The molecule has 0 N–H and O–H groups in total. The zero-order valence-electron chi connectivity index (χ0n) is 15.5. The summed E-state index contributed by atoms with van der Waals surface area (Å²) < 4.78 is 0. The molecule has 0 saturated heterocycles. The molecule has 2 nitrogen and oxygen atoms in total. The van der Waals surface area contributed by atoms with Gasteiger partial charge in [-0.1, -0.05) is 39.0 Å². The van der Waals surface area contributed by atoms with Crippen LogP contribution in [0.2, 0.25) is 0 Å². The summed E-state index contributed by atoms with van der Waals surface area (Å²) in [5.41, 5.74) is 4.01. The second-order valence-corrected chi connectivity index (χ2v) is 7.86. The standard InChI is InChI=1S/C21H33NO/c1-15(2)21-9-8-20(13-18(21)5)22(14-23)11-10-19-7-6-16(3)17(4)12-19/h6-7,12,14-15,18,20-21H,8-11,13H2,1-5H3. The van der Waals surface area contributed by atoms with Crippen LogP contribution in [0.5, 0.6) is 0 Å². The normalized spacial score (nSPS) is 24.7. The average molecular weight is 316 g/mol. The van der Waals surface area contributed by atoms with Crippen molar-refractivity contribution in [3.05, 3.63) is 34.9 Å². The van der Waals surface area contributed by atoms with E-state index in [2.05, 4.69) is 57.7 Å². The second kappa shape index (κ2) is 7.99. The van der Waals surface area contributed by atoms with Gasteiger partial charge in [-0.05, 0) is 74.0 Å². The molecule has 3 atom stereocenters. The topological polar surface area (TPSA) is 20.3 Å². The number of carbonyl (C=O) groups is 1. The van der Waals surface area contributed by atoms with Crippen molar-refractivity contribution in [3.63, 3.8) is 0 Å². The number of rotatable bonds is 6. The van der Waals surface area contributed by atoms with Crippen LogP contribution < -0.4 is 0 Å². The maximum absolute atomic E-state index is 11.6. The van der Waals surface area contributed by atoms with Gasteiger partial charge < -0.3 is 4.90 Å². The molecule has 23 heavy (non-hydrogen) atoms. The summed E-state index contributed by atoms with van der Waals surface area (Å²) in [7, 11) is 0. The van der Waals surface area contributed by atoms with Crippen molar-refractivity contribution in [2.24, 2.45) is 17.8 Å². The van der Waals surface area contributed by atoms with Gasteiger partial charge in [0.2, 0.25) is 6.41 Å². The number of hydrogen-bond donors (Lipinski definition) is 0. The molecule has 1 aliphatic rings. The van der Waals surface area contributed by atoms with Gasteiger partial charge in [-0.25, -0.2) is 0 Å². The molecule has 3 unspecified atom stereocenters. The summed E-state index contributed by atoms with van der Waals surface area (Å²) in [4.78, 5) is 13.7. The van der Waals surface area contributed by atoms with Gasteiger partial charge in [0.15, 0.2) is 0 Å². The number of aryl methyl sites for hydroxylation is 2. The molecule has 1 aromatic carbocycles. The number of nitrogens with zero attached hydrogens (tertiary/aromatic N) is 1. The van der Waals surface area contributed by atoms with Crippen LogP contribution in [0, 0.1) is 31.6 Å². The van der Waals surface area contributed by atoms with Crippen LogP contribution >= 0.6 is 0 Å². The van der Waals surface area contributed by atoms with Gasteiger partial charge in [0.25, 0.3) is 0 Å². The summed E-state index contributed by atoms with van der Waals surface area (Å²) in [6.07, 6.45) is 5.62. The van der Waals surface area contributed by atoms with Crippen molar-refractivity contribution in [3.8, 4) is 0 Å². The van der Waals surface area contributed by atoms with E-state index in [4.69, 9.17) is 0 Å². The van der Waals surface area contributed by atoms with Crippen LogP contribution in [0.4, 0.5) is 0 Å². The Hall–Kier alpha value is -1.31. The Labute approximate surface area is 142 Å². The van der Waals surface area contributed by atoms with E-state index in [0.29, 0.717) is 6.04 Å². The third kappa shape index (κ3) is 4.59. The first-order valence-corrected chi connectivity index (χ1v) is 9.19.